The third kappa shape index (κ3) is 1.41. The Morgan fingerprint density at radius 3 is 3.00 bits per heavy atom. The van der Waals surface area contributed by atoms with Crippen molar-refractivity contribution in [1.82, 2.24) is 14.9 Å². The van der Waals surface area contributed by atoms with Crippen molar-refractivity contribution in [3.05, 3.63) is 18.2 Å². The van der Waals surface area contributed by atoms with Crippen LogP contribution in [0.5, 0.6) is 0 Å². The van der Waals surface area contributed by atoms with Gasteiger partial charge >= 0.3 is 0 Å². The molecule has 0 aliphatic carbocycles. The molecule has 5 heteroatoms. The van der Waals surface area contributed by atoms with Crippen molar-refractivity contribution in [3.8, 4) is 0 Å². The zero-order valence-electron chi connectivity index (χ0n) is 7.86. The molecule has 14 heavy (non-hydrogen) atoms. The number of hydrogen-bond donors (Lipinski definition) is 1. The van der Waals surface area contributed by atoms with Gasteiger partial charge in [-0.05, 0) is 13.3 Å². The Morgan fingerprint density at radius 1 is 1.71 bits per heavy atom. The summed E-state index contributed by atoms with van der Waals surface area (Å²) in [6.07, 6.45) is 4.20. The molecule has 1 fully saturated rings. The van der Waals surface area contributed by atoms with E-state index in [-0.39, 0.29) is 17.9 Å². The molecule has 0 spiro atoms. The summed E-state index contributed by atoms with van der Waals surface area (Å²) in [5, 5.41) is 2.63. The number of aryl methyl sites for hydroxylation is 1. The summed E-state index contributed by atoms with van der Waals surface area (Å²) in [6.45, 7) is 1.76. The highest BCUT2D eigenvalue weighted by atomic mass is 16.2. The van der Waals surface area contributed by atoms with Crippen molar-refractivity contribution in [1.29, 1.82) is 0 Å². The van der Waals surface area contributed by atoms with E-state index in [4.69, 9.17) is 0 Å². The van der Waals surface area contributed by atoms with Gasteiger partial charge in [0.15, 0.2) is 0 Å². The Bertz CT molecular complexity index is 383. The van der Waals surface area contributed by atoms with Crippen molar-refractivity contribution in [3.63, 3.8) is 0 Å². The zero-order chi connectivity index (χ0) is 10.1. The van der Waals surface area contributed by atoms with Crippen LogP contribution in [0.15, 0.2) is 12.4 Å². The quantitative estimate of drug-likeness (QED) is 0.688. The van der Waals surface area contributed by atoms with Gasteiger partial charge in [-0.3, -0.25) is 14.2 Å². The van der Waals surface area contributed by atoms with Crippen LogP contribution >= 0.6 is 0 Å². The summed E-state index contributed by atoms with van der Waals surface area (Å²) in [7, 11) is 0. The number of nitrogens with zero attached hydrogens (tertiary/aromatic N) is 2. The molecule has 1 amide bonds. The van der Waals surface area contributed by atoms with Gasteiger partial charge in [0.2, 0.25) is 5.91 Å². The van der Waals surface area contributed by atoms with E-state index in [1.807, 2.05) is 0 Å². The van der Waals surface area contributed by atoms with Crippen LogP contribution in [-0.4, -0.2) is 27.4 Å². The lowest BCUT2D eigenvalue weighted by molar-refractivity contribution is -0.119. The highest BCUT2D eigenvalue weighted by Gasteiger charge is 2.28. The van der Waals surface area contributed by atoms with Crippen molar-refractivity contribution in [2.75, 3.05) is 0 Å². The molecule has 2 heterocycles. The smallest absolute Gasteiger partial charge is 0.254 e. The number of amides is 1. The normalized spacial score (nSPS) is 20.9. The van der Waals surface area contributed by atoms with Crippen LogP contribution in [0.2, 0.25) is 0 Å². The number of carbonyl (C=O) groups excluding carboxylic acids is 2. The van der Waals surface area contributed by atoms with Crippen LogP contribution in [0.1, 0.15) is 23.5 Å². The van der Waals surface area contributed by atoms with Crippen LogP contribution in [0.3, 0.4) is 0 Å². The highest BCUT2D eigenvalue weighted by Crippen LogP contribution is 2.09. The molecule has 0 saturated carbocycles. The molecule has 1 atom stereocenters. The first-order valence-corrected chi connectivity index (χ1v) is 4.52. The SMILES string of the molecule is Cc1nccn1C(=O)C1CCC(=O)N1. The number of aromatic nitrogens is 2. The molecular weight excluding hydrogens is 182 g/mol. The van der Waals surface area contributed by atoms with E-state index in [1.165, 1.54) is 4.57 Å². The second-order valence-electron chi connectivity index (χ2n) is 3.34. The zero-order valence-corrected chi connectivity index (χ0v) is 7.86. The molecule has 1 aromatic heterocycles. The standard InChI is InChI=1S/C9H11N3O2/c1-6-10-4-5-12(6)9(14)7-2-3-8(13)11-7/h4-5,7H,2-3H2,1H3,(H,11,13). The maximum atomic E-state index is 11.8. The highest BCUT2D eigenvalue weighted by molar-refractivity contribution is 5.92. The summed E-state index contributed by atoms with van der Waals surface area (Å²) in [5.41, 5.74) is 0. The fourth-order valence-electron chi connectivity index (χ4n) is 1.58. The van der Waals surface area contributed by atoms with E-state index in [0.717, 1.165) is 0 Å². The van der Waals surface area contributed by atoms with E-state index in [0.29, 0.717) is 18.7 Å². The Hall–Kier alpha value is -1.65. The van der Waals surface area contributed by atoms with Gasteiger partial charge in [-0.1, -0.05) is 0 Å². The molecule has 2 rings (SSSR count). The Morgan fingerprint density at radius 2 is 2.50 bits per heavy atom. The molecule has 1 aromatic rings. The molecule has 1 saturated heterocycles. The lowest BCUT2D eigenvalue weighted by Gasteiger charge is -2.09. The Balaban J connectivity index is 2.17. The molecular formula is C9H11N3O2. The first-order chi connectivity index (χ1) is 6.68. The average molecular weight is 193 g/mol. The van der Waals surface area contributed by atoms with Gasteiger partial charge in [0, 0.05) is 18.8 Å². The largest absolute Gasteiger partial charge is 0.344 e. The minimum Gasteiger partial charge on any atom is -0.344 e. The number of nitrogens with one attached hydrogen (secondary N) is 1. The molecule has 1 unspecified atom stereocenters. The Labute approximate surface area is 81.1 Å². The third-order valence-corrected chi connectivity index (χ3v) is 2.36. The molecule has 1 N–H and O–H groups in total. The van der Waals surface area contributed by atoms with Gasteiger partial charge in [-0.15, -0.1) is 0 Å². The first kappa shape index (κ1) is 8.93. The van der Waals surface area contributed by atoms with Gasteiger partial charge in [0.05, 0.1) is 0 Å². The maximum Gasteiger partial charge on any atom is 0.254 e. The average Bonchev–Trinajstić information content (AvgIpc) is 2.73. The van der Waals surface area contributed by atoms with Crippen molar-refractivity contribution >= 4 is 11.8 Å². The fraction of sp³-hybridized carbons (Fsp3) is 0.444. The minimum absolute atomic E-state index is 0.0545. The van der Waals surface area contributed by atoms with Gasteiger partial charge in [0.1, 0.15) is 11.9 Å². The number of carbonyl (C=O) groups is 2. The molecule has 0 bridgehead atoms. The second-order valence-corrected chi connectivity index (χ2v) is 3.34. The summed E-state index contributed by atoms with van der Waals surface area (Å²) >= 11 is 0. The topological polar surface area (TPSA) is 64.0 Å². The molecule has 0 aromatic carbocycles. The van der Waals surface area contributed by atoms with Gasteiger partial charge in [-0.25, -0.2) is 4.98 Å². The third-order valence-electron chi connectivity index (χ3n) is 2.36. The predicted molar refractivity (Wildman–Crippen MR) is 48.8 cm³/mol. The molecule has 1 aliphatic rings. The Kier molecular flexibility index (Phi) is 2.07. The van der Waals surface area contributed by atoms with E-state index in [2.05, 4.69) is 10.3 Å². The van der Waals surface area contributed by atoms with E-state index in [1.54, 1.807) is 19.3 Å². The maximum absolute atomic E-state index is 11.8. The van der Waals surface area contributed by atoms with Gasteiger partial charge in [-0.2, -0.15) is 0 Å². The molecule has 74 valence electrons. The monoisotopic (exact) mass is 193 g/mol. The lowest BCUT2D eigenvalue weighted by atomic mass is 10.2. The predicted octanol–water partition coefficient (Wildman–Crippen LogP) is 0.110. The molecule has 5 nitrogen and oxygen atoms in total. The summed E-state index contributed by atoms with van der Waals surface area (Å²) in [5.74, 6) is 0.489. The number of rotatable bonds is 1. The van der Waals surface area contributed by atoms with Crippen LogP contribution in [0.25, 0.3) is 0 Å². The van der Waals surface area contributed by atoms with E-state index < -0.39 is 0 Å². The first-order valence-electron chi connectivity index (χ1n) is 4.52. The van der Waals surface area contributed by atoms with Crippen molar-refractivity contribution < 1.29 is 9.59 Å². The van der Waals surface area contributed by atoms with Crippen LogP contribution in [0.4, 0.5) is 0 Å². The van der Waals surface area contributed by atoms with Crippen LogP contribution in [-0.2, 0) is 4.79 Å². The fourth-order valence-corrected chi connectivity index (χ4v) is 1.58. The van der Waals surface area contributed by atoms with E-state index >= 15 is 0 Å². The summed E-state index contributed by atoms with van der Waals surface area (Å²) in [6, 6.07) is -0.379. The summed E-state index contributed by atoms with van der Waals surface area (Å²) in [4.78, 5) is 26.7. The van der Waals surface area contributed by atoms with Crippen LogP contribution in [0, 0.1) is 6.92 Å². The second kappa shape index (κ2) is 3.25. The minimum atomic E-state index is -0.379. The van der Waals surface area contributed by atoms with Gasteiger partial charge < -0.3 is 5.32 Å². The number of hydrogen-bond acceptors (Lipinski definition) is 3. The van der Waals surface area contributed by atoms with Crippen molar-refractivity contribution in [2.24, 2.45) is 0 Å². The summed E-state index contributed by atoms with van der Waals surface area (Å²) < 4.78 is 1.47. The van der Waals surface area contributed by atoms with Crippen LogP contribution < -0.4 is 5.32 Å². The van der Waals surface area contributed by atoms with Gasteiger partial charge in [0.25, 0.3) is 5.91 Å². The lowest BCUT2D eigenvalue weighted by Crippen LogP contribution is -2.36. The molecule has 0 radical (unpaired) electrons. The number of imidazole rings is 1. The van der Waals surface area contributed by atoms with Crippen molar-refractivity contribution in [2.45, 2.75) is 25.8 Å². The molecule has 1 aliphatic heterocycles. The van der Waals surface area contributed by atoms with E-state index in [9.17, 15) is 9.59 Å².